The summed E-state index contributed by atoms with van der Waals surface area (Å²) in [7, 11) is 0. The Kier molecular flexibility index (Phi) is 4.77. The third kappa shape index (κ3) is 3.85. The highest BCUT2D eigenvalue weighted by Gasteiger charge is 2.06. The van der Waals surface area contributed by atoms with Gasteiger partial charge in [-0.2, -0.15) is 0 Å². The Hall–Kier alpha value is -2.29. The Balaban J connectivity index is 2.01. The van der Waals surface area contributed by atoms with Crippen LogP contribution in [-0.4, -0.2) is 17.7 Å². The van der Waals surface area contributed by atoms with Gasteiger partial charge in [0.05, 0.1) is 12.2 Å². The lowest BCUT2D eigenvalue weighted by molar-refractivity contribution is 0.0526. The highest BCUT2D eigenvalue weighted by molar-refractivity contribution is 5.89. The van der Waals surface area contributed by atoms with E-state index in [2.05, 4.69) is 0 Å². The highest BCUT2D eigenvalue weighted by Crippen LogP contribution is 2.13. The van der Waals surface area contributed by atoms with Crippen LogP contribution in [0.3, 0.4) is 0 Å². The minimum absolute atomic E-state index is 0.276. The molecular weight excluding hydrogens is 252 g/mol. The van der Waals surface area contributed by atoms with Crippen LogP contribution in [-0.2, 0) is 17.6 Å². The summed E-state index contributed by atoms with van der Waals surface area (Å²) in [6.45, 7) is 2.18. The van der Waals surface area contributed by atoms with Crippen LogP contribution in [0.5, 0.6) is 5.75 Å². The van der Waals surface area contributed by atoms with Crippen LogP contribution in [0, 0.1) is 0 Å². The predicted octanol–water partition coefficient (Wildman–Crippen LogP) is 3.35. The number of rotatable bonds is 5. The van der Waals surface area contributed by atoms with Gasteiger partial charge in [0.2, 0.25) is 0 Å². The molecule has 1 N–H and O–H groups in total. The van der Waals surface area contributed by atoms with Crippen molar-refractivity contribution < 1.29 is 14.6 Å². The van der Waals surface area contributed by atoms with Crippen molar-refractivity contribution in [2.75, 3.05) is 6.61 Å². The summed E-state index contributed by atoms with van der Waals surface area (Å²) in [6, 6.07) is 14.7. The zero-order valence-electron chi connectivity index (χ0n) is 11.5. The van der Waals surface area contributed by atoms with Crippen LogP contribution >= 0.6 is 0 Å². The maximum Gasteiger partial charge on any atom is 0.338 e. The van der Waals surface area contributed by atoms with E-state index in [4.69, 9.17) is 4.74 Å². The van der Waals surface area contributed by atoms with Gasteiger partial charge in [0, 0.05) is 0 Å². The van der Waals surface area contributed by atoms with E-state index in [-0.39, 0.29) is 11.7 Å². The summed E-state index contributed by atoms with van der Waals surface area (Å²) >= 11 is 0. The molecular formula is C17H18O3. The normalized spacial score (nSPS) is 10.2. The molecule has 0 spiro atoms. The number of hydrogen-bond acceptors (Lipinski definition) is 3. The number of benzene rings is 2. The lowest BCUT2D eigenvalue weighted by atomic mass is 10.0. The van der Waals surface area contributed by atoms with E-state index < -0.39 is 0 Å². The second kappa shape index (κ2) is 6.75. The summed E-state index contributed by atoms with van der Waals surface area (Å²) in [4.78, 5) is 11.7. The van der Waals surface area contributed by atoms with E-state index in [9.17, 15) is 9.90 Å². The Morgan fingerprint density at radius 1 is 1.05 bits per heavy atom. The summed E-state index contributed by atoms with van der Waals surface area (Å²) in [5, 5.41) is 9.24. The Labute approximate surface area is 118 Å². The maximum atomic E-state index is 11.7. The SMILES string of the molecule is CCOC(=O)c1cccc(CCc2ccc(O)cc2)c1. The molecule has 3 nitrogen and oxygen atoms in total. The van der Waals surface area contributed by atoms with Crippen molar-refractivity contribution in [3.05, 3.63) is 65.2 Å². The van der Waals surface area contributed by atoms with Crippen molar-refractivity contribution >= 4 is 5.97 Å². The van der Waals surface area contributed by atoms with Gasteiger partial charge in [0.15, 0.2) is 0 Å². The Morgan fingerprint density at radius 3 is 2.45 bits per heavy atom. The first-order valence-electron chi connectivity index (χ1n) is 6.73. The fourth-order valence-electron chi connectivity index (χ4n) is 2.02. The monoisotopic (exact) mass is 270 g/mol. The van der Waals surface area contributed by atoms with Crippen molar-refractivity contribution in [1.29, 1.82) is 0 Å². The van der Waals surface area contributed by atoms with E-state index in [0.29, 0.717) is 12.2 Å². The highest BCUT2D eigenvalue weighted by atomic mass is 16.5. The average molecular weight is 270 g/mol. The van der Waals surface area contributed by atoms with E-state index in [0.717, 1.165) is 24.0 Å². The molecule has 0 radical (unpaired) electrons. The van der Waals surface area contributed by atoms with Gasteiger partial charge in [-0.15, -0.1) is 0 Å². The molecule has 0 fully saturated rings. The number of ether oxygens (including phenoxy) is 1. The molecule has 0 bridgehead atoms. The van der Waals surface area contributed by atoms with Crippen molar-refractivity contribution in [2.24, 2.45) is 0 Å². The molecule has 0 aliphatic rings. The second-order valence-electron chi connectivity index (χ2n) is 4.59. The zero-order chi connectivity index (χ0) is 14.4. The Morgan fingerprint density at radius 2 is 1.75 bits per heavy atom. The molecule has 0 unspecified atom stereocenters. The molecule has 0 aliphatic heterocycles. The summed E-state index contributed by atoms with van der Waals surface area (Å²) in [5.41, 5.74) is 2.85. The molecule has 2 aromatic carbocycles. The topological polar surface area (TPSA) is 46.5 Å². The van der Waals surface area contributed by atoms with Crippen LogP contribution in [0.15, 0.2) is 48.5 Å². The number of aromatic hydroxyl groups is 1. The molecule has 2 rings (SSSR count). The van der Waals surface area contributed by atoms with Gasteiger partial charge < -0.3 is 9.84 Å². The molecule has 104 valence electrons. The van der Waals surface area contributed by atoms with E-state index in [1.807, 2.05) is 30.3 Å². The molecule has 2 aromatic rings. The fourth-order valence-corrected chi connectivity index (χ4v) is 2.02. The summed E-state index contributed by atoms with van der Waals surface area (Å²) < 4.78 is 4.99. The van der Waals surface area contributed by atoms with Crippen molar-refractivity contribution in [3.8, 4) is 5.75 Å². The van der Waals surface area contributed by atoms with Crippen molar-refractivity contribution in [2.45, 2.75) is 19.8 Å². The molecule has 0 atom stereocenters. The first kappa shape index (κ1) is 14.1. The predicted molar refractivity (Wildman–Crippen MR) is 77.9 cm³/mol. The number of esters is 1. The van der Waals surface area contributed by atoms with Crippen molar-refractivity contribution in [3.63, 3.8) is 0 Å². The molecule has 0 aliphatic carbocycles. The summed E-state index contributed by atoms with van der Waals surface area (Å²) in [6.07, 6.45) is 1.71. The van der Waals surface area contributed by atoms with Crippen LogP contribution in [0.25, 0.3) is 0 Å². The van der Waals surface area contributed by atoms with E-state index >= 15 is 0 Å². The first-order chi connectivity index (χ1) is 9.69. The number of aryl methyl sites for hydroxylation is 2. The molecule has 3 heteroatoms. The van der Waals surface area contributed by atoms with Crippen LogP contribution in [0.2, 0.25) is 0 Å². The number of phenols is 1. The van der Waals surface area contributed by atoms with Gasteiger partial charge in [-0.1, -0.05) is 24.3 Å². The smallest absolute Gasteiger partial charge is 0.338 e. The standard InChI is InChI=1S/C17H18O3/c1-2-20-17(19)15-5-3-4-14(12-15)7-6-13-8-10-16(18)11-9-13/h3-5,8-12,18H,2,6-7H2,1H3. The lowest BCUT2D eigenvalue weighted by Gasteiger charge is -2.05. The van der Waals surface area contributed by atoms with Gasteiger partial charge >= 0.3 is 5.97 Å². The molecule has 0 aromatic heterocycles. The van der Waals surface area contributed by atoms with Gasteiger partial charge in [-0.25, -0.2) is 4.79 Å². The minimum Gasteiger partial charge on any atom is -0.508 e. The first-order valence-corrected chi connectivity index (χ1v) is 6.73. The molecule has 0 saturated heterocycles. The van der Waals surface area contributed by atoms with Crippen LogP contribution in [0.1, 0.15) is 28.4 Å². The number of carbonyl (C=O) groups is 1. The van der Waals surface area contributed by atoms with Gasteiger partial charge in [0.1, 0.15) is 5.75 Å². The van der Waals surface area contributed by atoms with Crippen LogP contribution < -0.4 is 0 Å². The maximum absolute atomic E-state index is 11.7. The van der Waals surface area contributed by atoms with E-state index in [1.54, 1.807) is 25.1 Å². The average Bonchev–Trinajstić information content (AvgIpc) is 2.47. The van der Waals surface area contributed by atoms with E-state index in [1.165, 1.54) is 0 Å². The number of hydrogen-bond donors (Lipinski definition) is 1. The number of phenolic OH excluding ortho intramolecular Hbond substituents is 1. The third-order valence-electron chi connectivity index (χ3n) is 3.08. The quantitative estimate of drug-likeness (QED) is 0.847. The molecule has 20 heavy (non-hydrogen) atoms. The fraction of sp³-hybridized carbons (Fsp3) is 0.235. The van der Waals surface area contributed by atoms with Gasteiger partial charge in [0.25, 0.3) is 0 Å². The second-order valence-corrected chi connectivity index (χ2v) is 4.59. The van der Waals surface area contributed by atoms with Crippen LogP contribution in [0.4, 0.5) is 0 Å². The molecule has 0 saturated carbocycles. The van der Waals surface area contributed by atoms with Gasteiger partial charge in [-0.3, -0.25) is 0 Å². The molecule has 0 amide bonds. The molecule has 0 heterocycles. The summed E-state index contributed by atoms with van der Waals surface area (Å²) in [5.74, 6) is -0.00274. The zero-order valence-corrected chi connectivity index (χ0v) is 11.5. The lowest BCUT2D eigenvalue weighted by Crippen LogP contribution is -2.05. The Bertz CT molecular complexity index is 573. The van der Waals surface area contributed by atoms with Gasteiger partial charge in [-0.05, 0) is 55.2 Å². The minimum atomic E-state index is -0.279. The number of carbonyl (C=O) groups excluding carboxylic acids is 1. The third-order valence-corrected chi connectivity index (χ3v) is 3.08. The largest absolute Gasteiger partial charge is 0.508 e. The van der Waals surface area contributed by atoms with Crippen molar-refractivity contribution in [1.82, 2.24) is 0 Å².